The summed E-state index contributed by atoms with van der Waals surface area (Å²) in [4.78, 5) is 26.9. The standard InChI is InChI=1S/C22H27N3O4/c1-16-4-3-5-18(14-16)24-22(27)21(26)23-15-20(25-10-12-29-13-11-25)17-6-8-19(28-2)9-7-17/h3-9,14,20H,10-13,15H2,1-2H3,(H,23,26)(H,24,27)/t20-/m0/s1. The predicted octanol–water partition coefficient (Wildman–Crippen LogP) is 2.13. The van der Waals surface area contributed by atoms with E-state index in [4.69, 9.17) is 9.47 Å². The van der Waals surface area contributed by atoms with E-state index in [1.807, 2.05) is 49.4 Å². The van der Waals surface area contributed by atoms with Crippen molar-refractivity contribution in [1.29, 1.82) is 0 Å². The summed E-state index contributed by atoms with van der Waals surface area (Å²) in [6.45, 7) is 5.08. The number of anilines is 1. The van der Waals surface area contributed by atoms with E-state index in [2.05, 4.69) is 15.5 Å². The lowest BCUT2D eigenvalue weighted by molar-refractivity contribution is -0.136. The highest BCUT2D eigenvalue weighted by atomic mass is 16.5. The Kier molecular flexibility index (Phi) is 7.21. The Morgan fingerprint density at radius 2 is 1.83 bits per heavy atom. The van der Waals surface area contributed by atoms with Crippen LogP contribution < -0.4 is 15.4 Å². The molecular weight excluding hydrogens is 370 g/mol. The molecule has 0 spiro atoms. The van der Waals surface area contributed by atoms with Gasteiger partial charge in [0.2, 0.25) is 0 Å². The summed E-state index contributed by atoms with van der Waals surface area (Å²) in [6.07, 6.45) is 0. The Bertz CT molecular complexity index is 832. The molecule has 1 aliphatic rings. The molecule has 0 unspecified atom stereocenters. The van der Waals surface area contributed by atoms with Gasteiger partial charge in [0, 0.05) is 25.3 Å². The first-order chi connectivity index (χ1) is 14.1. The van der Waals surface area contributed by atoms with Crippen LogP contribution in [0, 0.1) is 6.92 Å². The van der Waals surface area contributed by atoms with Crippen LogP contribution in [0.4, 0.5) is 5.69 Å². The zero-order chi connectivity index (χ0) is 20.6. The summed E-state index contributed by atoms with van der Waals surface area (Å²) in [7, 11) is 1.63. The van der Waals surface area contributed by atoms with E-state index in [0.717, 1.165) is 30.0 Å². The van der Waals surface area contributed by atoms with Crippen LogP contribution in [0.1, 0.15) is 17.2 Å². The van der Waals surface area contributed by atoms with Crippen LogP contribution in [0.2, 0.25) is 0 Å². The Morgan fingerprint density at radius 3 is 2.48 bits per heavy atom. The van der Waals surface area contributed by atoms with E-state index in [1.165, 1.54) is 0 Å². The summed E-state index contributed by atoms with van der Waals surface area (Å²) in [5.41, 5.74) is 2.66. The molecule has 0 radical (unpaired) electrons. The molecular formula is C22H27N3O4. The largest absolute Gasteiger partial charge is 0.497 e. The first-order valence-electron chi connectivity index (χ1n) is 9.68. The number of hydrogen-bond donors (Lipinski definition) is 2. The molecule has 2 aromatic rings. The van der Waals surface area contributed by atoms with Gasteiger partial charge in [0.05, 0.1) is 26.4 Å². The van der Waals surface area contributed by atoms with E-state index < -0.39 is 11.8 Å². The van der Waals surface area contributed by atoms with Crippen LogP contribution in [-0.4, -0.2) is 56.7 Å². The van der Waals surface area contributed by atoms with Crippen molar-refractivity contribution in [2.75, 3.05) is 45.3 Å². The van der Waals surface area contributed by atoms with Crippen LogP contribution in [0.25, 0.3) is 0 Å². The third kappa shape index (κ3) is 5.79. The van der Waals surface area contributed by atoms with E-state index >= 15 is 0 Å². The third-order valence-electron chi connectivity index (χ3n) is 4.93. The van der Waals surface area contributed by atoms with Crippen LogP contribution in [0.15, 0.2) is 48.5 Å². The van der Waals surface area contributed by atoms with Crippen molar-refractivity contribution in [1.82, 2.24) is 10.2 Å². The Balaban J connectivity index is 1.65. The molecule has 29 heavy (non-hydrogen) atoms. The van der Waals surface area contributed by atoms with Gasteiger partial charge in [-0.25, -0.2) is 0 Å². The summed E-state index contributed by atoms with van der Waals surface area (Å²) >= 11 is 0. The van der Waals surface area contributed by atoms with Gasteiger partial charge in [-0.2, -0.15) is 0 Å². The number of morpholine rings is 1. The van der Waals surface area contributed by atoms with E-state index in [-0.39, 0.29) is 6.04 Å². The smallest absolute Gasteiger partial charge is 0.313 e. The average molecular weight is 397 g/mol. The number of carbonyl (C=O) groups is 2. The molecule has 7 nitrogen and oxygen atoms in total. The summed E-state index contributed by atoms with van der Waals surface area (Å²) in [5, 5.41) is 5.42. The second kappa shape index (κ2) is 10.0. The zero-order valence-corrected chi connectivity index (χ0v) is 16.8. The fourth-order valence-corrected chi connectivity index (χ4v) is 3.35. The average Bonchev–Trinajstić information content (AvgIpc) is 2.75. The molecule has 0 bridgehead atoms. The zero-order valence-electron chi connectivity index (χ0n) is 16.8. The quantitative estimate of drug-likeness (QED) is 0.730. The Hall–Kier alpha value is -2.90. The molecule has 2 aromatic carbocycles. The van der Waals surface area contributed by atoms with E-state index in [9.17, 15) is 9.59 Å². The monoisotopic (exact) mass is 397 g/mol. The first kappa shape index (κ1) is 20.8. The number of rotatable bonds is 6. The molecule has 0 saturated carbocycles. The Morgan fingerprint density at radius 1 is 1.10 bits per heavy atom. The second-order valence-electron chi connectivity index (χ2n) is 6.97. The highest BCUT2D eigenvalue weighted by Gasteiger charge is 2.24. The van der Waals surface area contributed by atoms with Gasteiger partial charge in [-0.15, -0.1) is 0 Å². The highest BCUT2D eigenvalue weighted by molar-refractivity contribution is 6.39. The Labute approximate surface area is 171 Å². The summed E-state index contributed by atoms with van der Waals surface area (Å²) in [5.74, 6) is -0.555. The SMILES string of the molecule is COc1ccc([C@H](CNC(=O)C(=O)Nc2cccc(C)c2)N2CCOCC2)cc1. The van der Waals surface area contributed by atoms with E-state index in [0.29, 0.717) is 25.4 Å². The number of ether oxygens (including phenoxy) is 2. The fraction of sp³-hybridized carbons (Fsp3) is 0.364. The third-order valence-corrected chi connectivity index (χ3v) is 4.93. The predicted molar refractivity (Wildman–Crippen MR) is 111 cm³/mol. The molecule has 0 aromatic heterocycles. The van der Waals surface area contributed by atoms with Gasteiger partial charge in [-0.3, -0.25) is 14.5 Å². The van der Waals surface area contributed by atoms with Gasteiger partial charge < -0.3 is 20.1 Å². The lowest BCUT2D eigenvalue weighted by Gasteiger charge is -2.34. The number of aryl methyl sites for hydroxylation is 1. The second-order valence-corrected chi connectivity index (χ2v) is 6.97. The molecule has 2 amide bonds. The number of nitrogens with zero attached hydrogens (tertiary/aromatic N) is 1. The molecule has 1 saturated heterocycles. The number of hydrogen-bond acceptors (Lipinski definition) is 5. The maximum Gasteiger partial charge on any atom is 0.313 e. The number of nitrogens with one attached hydrogen (secondary N) is 2. The van der Waals surface area contributed by atoms with Crippen molar-refractivity contribution in [3.8, 4) is 5.75 Å². The number of amides is 2. The molecule has 2 N–H and O–H groups in total. The van der Waals surface area contributed by atoms with Crippen molar-refractivity contribution in [3.63, 3.8) is 0 Å². The van der Waals surface area contributed by atoms with Crippen molar-refractivity contribution in [3.05, 3.63) is 59.7 Å². The van der Waals surface area contributed by atoms with Gasteiger partial charge in [-0.05, 0) is 42.3 Å². The molecule has 1 fully saturated rings. The van der Waals surface area contributed by atoms with Crippen molar-refractivity contribution < 1.29 is 19.1 Å². The van der Waals surface area contributed by atoms with Gasteiger partial charge in [0.15, 0.2) is 0 Å². The van der Waals surface area contributed by atoms with Crippen LogP contribution >= 0.6 is 0 Å². The molecule has 7 heteroatoms. The number of benzene rings is 2. The number of carbonyl (C=O) groups excluding carboxylic acids is 2. The van der Waals surface area contributed by atoms with Crippen LogP contribution in [0.3, 0.4) is 0 Å². The molecule has 0 aliphatic carbocycles. The number of methoxy groups -OCH3 is 1. The van der Waals surface area contributed by atoms with E-state index in [1.54, 1.807) is 13.2 Å². The maximum atomic E-state index is 12.4. The lowest BCUT2D eigenvalue weighted by atomic mass is 10.0. The maximum absolute atomic E-state index is 12.4. The minimum absolute atomic E-state index is 0.0551. The summed E-state index contributed by atoms with van der Waals surface area (Å²) in [6, 6.07) is 15.0. The van der Waals surface area contributed by atoms with Gasteiger partial charge in [0.1, 0.15) is 5.75 Å². The minimum atomic E-state index is -0.675. The molecule has 1 atom stereocenters. The topological polar surface area (TPSA) is 79.9 Å². The van der Waals surface area contributed by atoms with Gasteiger partial charge in [-0.1, -0.05) is 24.3 Å². The minimum Gasteiger partial charge on any atom is -0.497 e. The van der Waals surface area contributed by atoms with Gasteiger partial charge >= 0.3 is 11.8 Å². The first-order valence-corrected chi connectivity index (χ1v) is 9.68. The van der Waals surface area contributed by atoms with Crippen LogP contribution in [0.5, 0.6) is 5.75 Å². The molecule has 3 rings (SSSR count). The fourth-order valence-electron chi connectivity index (χ4n) is 3.35. The van der Waals surface area contributed by atoms with Crippen molar-refractivity contribution >= 4 is 17.5 Å². The molecule has 154 valence electrons. The molecule has 1 heterocycles. The normalized spacial score (nSPS) is 15.4. The van der Waals surface area contributed by atoms with Gasteiger partial charge in [0.25, 0.3) is 0 Å². The van der Waals surface area contributed by atoms with Crippen LogP contribution in [-0.2, 0) is 14.3 Å². The molecule has 1 aliphatic heterocycles. The van der Waals surface area contributed by atoms with Crippen molar-refractivity contribution in [2.45, 2.75) is 13.0 Å². The highest BCUT2D eigenvalue weighted by Crippen LogP contribution is 2.23. The lowest BCUT2D eigenvalue weighted by Crippen LogP contribution is -2.45. The van der Waals surface area contributed by atoms with Crippen molar-refractivity contribution in [2.24, 2.45) is 0 Å². The summed E-state index contributed by atoms with van der Waals surface area (Å²) < 4.78 is 10.7.